The molecule has 9 heteroatoms. The predicted octanol–water partition coefficient (Wildman–Crippen LogP) is 12.9. The SMILES string of the molecule is C=C/C=C\C(=C/C)c1ccc(-c2nc(-c3ccc(/C(C=C)=C/C=C\C)cc3)nc(-c3ccc(C(C)CC)cc3O)n2)cc1.CC(CO)(CO)CO.CCCCCCCCOC(=O)C(C)C. The van der Waals surface area contributed by atoms with Crippen molar-refractivity contribution in [3.63, 3.8) is 0 Å². The van der Waals surface area contributed by atoms with Gasteiger partial charge in [-0.3, -0.25) is 4.79 Å². The molecule has 1 heterocycles. The fourth-order valence-electron chi connectivity index (χ4n) is 6.04. The van der Waals surface area contributed by atoms with Gasteiger partial charge in [0.25, 0.3) is 0 Å². The van der Waals surface area contributed by atoms with E-state index in [-0.39, 0.29) is 37.5 Å². The number of rotatable bonds is 22. The average Bonchev–Trinajstić information content (AvgIpc) is 3.34. The Bertz CT molecular complexity index is 2150. The average molecular weight is 886 g/mol. The van der Waals surface area contributed by atoms with Crippen molar-refractivity contribution < 1.29 is 30.0 Å². The summed E-state index contributed by atoms with van der Waals surface area (Å²) >= 11 is 0. The van der Waals surface area contributed by atoms with Gasteiger partial charge in [-0.15, -0.1) is 0 Å². The molecule has 0 spiro atoms. The van der Waals surface area contributed by atoms with Gasteiger partial charge in [-0.05, 0) is 72.6 Å². The third kappa shape index (κ3) is 18.7. The van der Waals surface area contributed by atoms with Gasteiger partial charge in [-0.1, -0.05) is 190 Å². The molecule has 0 aliphatic rings. The first-order valence-corrected chi connectivity index (χ1v) is 23.0. The molecule has 1 aromatic heterocycles. The third-order valence-electron chi connectivity index (χ3n) is 10.8. The molecule has 0 saturated carbocycles. The van der Waals surface area contributed by atoms with Crippen molar-refractivity contribution in [2.45, 2.75) is 106 Å². The monoisotopic (exact) mass is 886 g/mol. The number of phenols is 1. The first-order valence-electron chi connectivity index (χ1n) is 23.0. The molecule has 0 aliphatic heterocycles. The van der Waals surface area contributed by atoms with Crippen LogP contribution in [0.3, 0.4) is 0 Å². The van der Waals surface area contributed by atoms with E-state index in [4.69, 9.17) is 35.0 Å². The quantitative estimate of drug-likeness (QED) is 0.0344. The molecule has 4 aromatic rings. The maximum absolute atomic E-state index is 11.1. The van der Waals surface area contributed by atoms with E-state index in [9.17, 15) is 9.90 Å². The first kappa shape index (κ1) is 55.4. The number of allylic oxidation sites excluding steroid dienone is 10. The summed E-state index contributed by atoms with van der Waals surface area (Å²) in [6, 6.07) is 22.0. The summed E-state index contributed by atoms with van der Waals surface area (Å²) in [7, 11) is 0. The van der Waals surface area contributed by atoms with E-state index in [1.54, 1.807) is 13.0 Å². The van der Waals surface area contributed by atoms with Crippen molar-refractivity contribution in [3.05, 3.63) is 145 Å². The molecular weight excluding hydrogens is 811 g/mol. The van der Waals surface area contributed by atoms with E-state index in [0.29, 0.717) is 35.6 Å². The number of aromatic nitrogens is 3. The highest BCUT2D eigenvalue weighted by Crippen LogP contribution is 2.34. The molecule has 9 nitrogen and oxygen atoms in total. The lowest BCUT2D eigenvalue weighted by molar-refractivity contribution is -0.147. The van der Waals surface area contributed by atoms with Gasteiger partial charge in [-0.25, -0.2) is 15.0 Å². The Kier molecular flexibility index (Phi) is 25.9. The maximum Gasteiger partial charge on any atom is 0.308 e. The van der Waals surface area contributed by atoms with E-state index in [1.165, 1.54) is 32.1 Å². The van der Waals surface area contributed by atoms with Gasteiger partial charge in [0.1, 0.15) is 5.75 Å². The number of esters is 1. The Morgan fingerprint density at radius 2 is 1.28 bits per heavy atom. The Labute approximate surface area is 389 Å². The molecule has 0 aliphatic carbocycles. The van der Waals surface area contributed by atoms with Crippen LogP contribution in [0.25, 0.3) is 45.3 Å². The fourth-order valence-corrected chi connectivity index (χ4v) is 6.04. The van der Waals surface area contributed by atoms with Crippen LogP contribution in [0.2, 0.25) is 0 Å². The van der Waals surface area contributed by atoms with Crippen LogP contribution < -0.4 is 0 Å². The molecule has 0 amide bonds. The Balaban J connectivity index is 0.000000543. The second-order valence-corrected chi connectivity index (χ2v) is 16.6. The van der Waals surface area contributed by atoms with E-state index < -0.39 is 5.41 Å². The van der Waals surface area contributed by atoms with Crippen LogP contribution in [0, 0.1) is 11.3 Å². The molecule has 0 radical (unpaired) electrons. The van der Waals surface area contributed by atoms with Crippen molar-refractivity contribution in [2.75, 3.05) is 26.4 Å². The largest absolute Gasteiger partial charge is 0.507 e. The van der Waals surface area contributed by atoms with Crippen LogP contribution in [0.1, 0.15) is 123 Å². The van der Waals surface area contributed by atoms with Crippen LogP contribution in [0.4, 0.5) is 0 Å². The van der Waals surface area contributed by atoms with Crippen molar-refractivity contribution in [2.24, 2.45) is 11.3 Å². The summed E-state index contributed by atoms with van der Waals surface area (Å²) in [5, 5.41) is 36.5. The molecular formula is C56H75N3O6. The minimum Gasteiger partial charge on any atom is -0.507 e. The number of nitrogens with zero attached hydrogens (tertiary/aromatic N) is 3. The molecule has 1 unspecified atom stereocenters. The summed E-state index contributed by atoms with van der Waals surface area (Å²) < 4.78 is 5.07. The number of aliphatic hydroxyl groups is 3. The number of hydrogen-bond acceptors (Lipinski definition) is 9. The summed E-state index contributed by atoms with van der Waals surface area (Å²) in [6.45, 7) is 23.6. The van der Waals surface area contributed by atoms with Crippen LogP contribution in [-0.2, 0) is 9.53 Å². The number of carbonyl (C=O) groups excluding carboxylic acids is 1. The Morgan fingerprint density at radius 3 is 1.72 bits per heavy atom. The molecule has 0 saturated heterocycles. The van der Waals surface area contributed by atoms with Crippen molar-refractivity contribution in [1.29, 1.82) is 0 Å². The third-order valence-corrected chi connectivity index (χ3v) is 10.8. The summed E-state index contributed by atoms with van der Waals surface area (Å²) in [6.07, 6.45) is 24.0. The highest BCUT2D eigenvalue weighted by atomic mass is 16.5. The standard InChI is InChI=1S/C39H39N3O.C12H24O2.C5H12O3/c1-7-12-14-28(10-4)30-16-20-32(21-17-30)37-40-38(33-22-18-31(19-23-33)29(11-5)15-13-8-2)42-39(41-37)35-25-24-34(26-36(35)43)27(6)9-3;1-4-5-6-7-8-9-10-14-12(13)11(2)3;1-5(2-6,3-7)4-8/h7-8,10-27,43H,1,5,9H2,2-4,6H3;11H,4-10H2,1-3H3;6-8H,2-4H2,1H3/b13-8-,14-12-,28-10+,29-15+;;. The molecule has 4 rings (SSSR count). The highest BCUT2D eigenvalue weighted by Gasteiger charge is 2.20. The number of unbranched alkanes of at least 4 members (excludes halogenated alkanes) is 5. The van der Waals surface area contributed by atoms with E-state index in [2.05, 4.69) is 52.1 Å². The zero-order valence-corrected chi connectivity index (χ0v) is 40.3. The van der Waals surface area contributed by atoms with E-state index in [0.717, 1.165) is 51.8 Å². The van der Waals surface area contributed by atoms with Crippen molar-refractivity contribution >= 4 is 17.1 Å². The van der Waals surface area contributed by atoms with Gasteiger partial charge in [0.15, 0.2) is 17.5 Å². The molecule has 1 atom stereocenters. The summed E-state index contributed by atoms with van der Waals surface area (Å²) in [5.41, 5.74) is 6.89. The van der Waals surface area contributed by atoms with Gasteiger partial charge in [-0.2, -0.15) is 0 Å². The smallest absolute Gasteiger partial charge is 0.308 e. The molecule has 4 N–H and O–H groups in total. The zero-order valence-electron chi connectivity index (χ0n) is 40.3. The number of ether oxygens (including phenoxy) is 1. The predicted molar refractivity (Wildman–Crippen MR) is 271 cm³/mol. The van der Waals surface area contributed by atoms with Gasteiger partial charge < -0.3 is 25.2 Å². The normalized spacial score (nSPS) is 12.4. The summed E-state index contributed by atoms with van der Waals surface area (Å²) in [4.78, 5) is 25.6. The second-order valence-electron chi connectivity index (χ2n) is 16.6. The second kappa shape index (κ2) is 30.4. The van der Waals surface area contributed by atoms with Gasteiger partial charge in [0, 0.05) is 16.5 Å². The van der Waals surface area contributed by atoms with Crippen LogP contribution in [-0.4, -0.2) is 67.8 Å². The lowest BCUT2D eigenvalue weighted by Crippen LogP contribution is -2.29. The maximum atomic E-state index is 11.1. The minimum absolute atomic E-state index is 0.00934. The molecule has 65 heavy (non-hydrogen) atoms. The number of aliphatic hydroxyl groups excluding tert-OH is 3. The molecule has 0 fully saturated rings. The van der Waals surface area contributed by atoms with Crippen LogP contribution in [0.15, 0.2) is 128 Å². The van der Waals surface area contributed by atoms with Crippen LogP contribution in [0.5, 0.6) is 5.75 Å². The number of aromatic hydroxyl groups is 1. The molecule has 3 aromatic carbocycles. The highest BCUT2D eigenvalue weighted by molar-refractivity contribution is 5.78. The Morgan fingerprint density at radius 1 is 0.738 bits per heavy atom. The van der Waals surface area contributed by atoms with E-state index >= 15 is 0 Å². The van der Waals surface area contributed by atoms with Gasteiger partial charge in [0.05, 0.1) is 37.9 Å². The topological polar surface area (TPSA) is 146 Å². The van der Waals surface area contributed by atoms with E-state index in [1.807, 2.05) is 119 Å². The lowest BCUT2D eigenvalue weighted by atomic mass is 9.95. The molecule has 350 valence electrons. The lowest BCUT2D eigenvalue weighted by Gasteiger charge is -2.20. The fraction of sp³-hybridized carbons (Fsp3) is 0.393. The van der Waals surface area contributed by atoms with Crippen molar-refractivity contribution in [3.8, 4) is 39.9 Å². The van der Waals surface area contributed by atoms with Crippen LogP contribution >= 0.6 is 0 Å². The number of hydrogen-bond donors (Lipinski definition) is 4. The Hall–Kier alpha value is -5.74. The van der Waals surface area contributed by atoms with Gasteiger partial charge in [0.2, 0.25) is 0 Å². The number of benzene rings is 3. The minimum atomic E-state index is -0.708. The first-order chi connectivity index (χ1) is 31.3. The number of phenolic OH excluding ortho intramolecular Hbond substituents is 1. The van der Waals surface area contributed by atoms with Gasteiger partial charge >= 0.3 is 5.97 Å². The number of carbonyl (C=O) groups is 1. The summed E-state index contributed by atoms with van der Waals surface area (Å²) in [5.74, 6) is 1.92. The van der Waals surface area contributed by atoms with Crippen molar-refractivity contribution in [1.82, 2.24) is 15.0 Å². The molecule has 0 bridgehead atoms. The zero-order chi connectivity index (χ0) is 48.2.